The SMILES string of the molecule is N#CC1(c2ncc(-c3ccc(Cl)cc3)[nH]2)COC1. The number of imidazole rings is 1. The Bertz CT molecular complexity index is 608. The van der Waals surface area contributed by atoms with E-state index in [0.717, 1.165) is 11.3 Å². The van der Waals surface area contributed by atoms with E-state index in [2.05, 4.69) is 16.0 Å². The summed E-state index contributed by atoms with van der Waals surface area (Å²) in [6.07, 6.45) is 1.73. The van der Waals surface area contributed by atoms with E-state index in [1.54, 1.807) is 6.20 Å². The number of benzene rings is 1. The molecule has 2 aromatic rings. The van der Waals surface area contributed by atoms with Crippen molar-refractivity contribution >= 4 is 11.6 Å². The van der Waals surface area contributed by atoms with Crippen molar-refractivity contribution in [2.45, 2.75) is 5.41 Å². The number of aromatic amines is 1. The van der Waals surface area contributed by atoms with Gasteiger partial charge in [0, 0.05) is 5.02 Å². The van der Waals surface area contributed by atoms with Crippen molar-refractivity contribution in [3.63, 3.8) is 0 Å². The molecule has 1 aromatic carbocycles. The number of nitrogens with zero attached hydrogens (tertiary/aromatic N) is 2. The van der Waals surface area contributed by atoms with Gasteiger partial charge in [0.05, 0.1) is 31.2 Å². The molecule has 0 aliphatic carbocycles. The Morgan fingerprint density at radius 2 is 2.06 bits per heavy atom. The summed E-state index contributed by atoms with van der Waals surface area (Å²) in [6.45, 7) is 0.800. The second-order valence-electron chi connectivity index (χ2n) is 4.34. The third kappa shape index (κ3) is 1.69. The van der Waals surface area contributed by atoms with Gasteiger partial charge in [0.2, 0.25) is 0 Å². The van der Waals surface area contributed by atoms with Crippen molar-refractivity contribution in [3.8, 4) is 17.3 Å². The van der Waals surface area contributed by atoms with Crippen LogP contribution in [0.4, 0.5) is 0 Å². The molecule has 0 radical (unpaired) electrons. The zero-order valence-electron chi connectivity index (χ0n) is 9.48. The summed E-state index contributed by atoms with van der Waals surface area (Å²) in [5.74, 6) is 0.668. The summed E-state index contributed by atoms with van der Waals surface area (Å²) >= 11 is 5.85. The predicted octanol–water partition coefficient (Wildman–Crippen LogP) is 2.52. The van der Waals surface area contributed by atoms with Crippen LogP contribution in [0.25, 0.3) is 11.3 Å². The highest BCUT2D eigenvalue weighted by Crippen LogP contribution is 2.31. The number of hydrogen-bond donors (Lipinski definition) is 1. The second kappa shape index (κ2) is 4.13. The van der Waals surface area contributed by atoms with Crippen LogP contribution in [0.5, 0.6) is 0 Å². The highest BCUT2D eigenvalue weighted by atomic mass is 35.5. The average Bonchev–Trinajstić information content (AvgIpc) is 2.79. The lowest BCUT2D eigenvalue weighted by Crippen LogP contribution is -2.46. The van der Waals surface area contributed by atoms with Gasteiger partial charge in [-0.15, -0.1) is 0 Å². The van der Waals surface area contributed by atoms with E-state index in [-0.39, 0.29) is 0 Å². The summed E-state index contributed by atoms with van der Waals surface area (Å²) in [5, 5.41) is 9.89. The van der Waals surface area contributed by atoms with Crippen molar-refractivity contribution in [1.29, 1.82) is 5.26 Å². The van der Waals surface area contributed by atoms with Crippen LogP contribution in [0.2, 0.25) is 5.02 Å². The number of aromatic nitrogens is 2. The van der Waals surface area contributed by atoms with Crippen LogP contribution < -0.4 is 0 Å². The van der Waals surface area contributed by atoms with Crippen LogP contribution in [-0.2, 0) is 10.2 Å². The number of ether oxygens (including phenoxy) is 1. The summed E-state index contributed by atoms with van der Waals surface area (Å²) in [6, 6.07) is 9.74. The fourth-order valence-electron chi connectivity index (χ4n) is 1.90. The Kier molecular flexibility index (Phi) is 2.58. The standard InChI is InChI=1S/C13H10ClN3O/c14-10-3-1-9(2-4-10)11-5-16-12(17-11)13(6-15)7-18-8-13/h1-5H,7-8H2,(H,16,17). The van der Waals surface area contributed by atoms with Gasteiger partial charge >= 0.3 is 0 Å². The molecule has 1 saturated heterocycles. The number of hydrogen-bond acceptors (Lipinski definition) is 3. The Morgan fingerprint density at radius 1 is 1.33 bits per heavy atom. The van der Waals surface area contributed by atoms with Gasteiger partial charge in [-0.05, 0) is 17.7 Å². The topological polar surface area (TPSA) is 61.7 Å². The number of nitriles is 1. The van der Waals surface area contributed by atoms with Crippen LogP contribution in [0.15, 0.2) is 30.5 Å². The maximum absolute atomic E-state index is 9.20. The van der Waals surface area contributed by atoms with E-state index >= 15 is 0 Å². The van der Waals surface area contributed by atoms with E-state index in [4.69, 9.17) is 16.3 Å². The van der Waals surface area contributed by atoms with E-state index in [9.17, 15) is 5.26 Å². The minimum atomic E-state index is -0.606. The van der Waals surface area contributed by atoms with Gasteiger partial charge in [-0.25, -0.2) is 4.98 Å². The first-order chi connectivity index (χ1) is 8.73. The summed E-state index contributed by atoms with van der Waals surface area (Å²) < 4.78 is 5.11. The maximum atomic E-state index is 9.20. The summed E-state index contributed by atoms with van der Waals surface area (Å²) in [5.41, 5.74) is 1.26. The maximum Gasteiger partial charge on any atom is 0.161 e. The lowest BCUT2D eigenvalue weighted by atomic mass is 9.87. The molecule has 2 heterocycles. The zero-order valence-corrected chi connectivity index (χ0v) is 10.2. The quantitative estimate of drug-likeness (QED) is 0.901. The molecule has 90 valence electrons. The molecular formula is C13H10ClN3O. The molecule has 0 amide bonds. The Labute approximate surface area is 109 Å². The largest absolute Gasteiger partial charge is 0.377 e. The normalized spacial score (nSPS) is 16.9. The molecule has 1 N–H and O–H groups in total. The average molecular weight is 260 g/mol. The number of rotatable bonds is 2. The molecule has 0 saturated carbocycles. The Balaban J connectivity index is 1.95. The third-order valence-electron chi connectivity index (χ3n) is 3.10. The van der Waals surface area contributed by atoms with Crippen LogP contribution >= 0.6 is 11.6 Å². The monoisotopic (exact) mass is 259 g/mol. The first kappa shape index (κ1) is 11.3. The molecule has 0 atom stereocenters. The van der Waals surface area contributed by atoms with Gasteiger partial charge in [-0.2, -0.15) is 5.26 Å². The third-order valence-corrected chi connectivity index (χ3v) is 3.35. The highest BCUT2D eigenvalue weighted by molar-refractivity contribution is 6.30. The first-order valence-electron chi connectivity index (χ1n) is 5.54. The number of halogens is 1. The Morgan fingerprint density at radius 3 is 2.61 bits per heavy atom. The van der Waals surface area contributed by atoms with E-state index < -0.39 is 5.41 Å². The van der Waals surface area contributed by atoms with Crippen molar-refractivity contribution in [2.24, 2.45) is 0 Å². The van der Waals surface area contributed by atoms with Gasteiger partial charge in [0.25, 0.3) is 0 Å². The highest BCUT2D eigenvalue weighted by Gasteiger charge is 2.43. The van der Waals surface area contributed by atoms with Crippen LogP contribution in [0.1, 0.15) is 5.82 Å². The van der Waals surface area contributed by atoms with Gasteiger partial charge in [0.15, 0.2) is 5.41 Å². The zero-order chi connectivity index (χ0) is 12.6. The van der Waals surface area contributed by atoms with Crippen LogP contribution in [0.3, 0.4) is 0 Å². The minimum absolute atomic E-state index is 0.400. The first-order valence-corrected chi connectivity index (χ1v) is 5.92. The fraction of sp³-hybridized carbons (Fsp3) is 0.231. The molecule has 1 fully saturated rings. The van der Waals surface area contributed by atoms with Crippen molar-refractivity contribution in [3.05, 3.63) is 41.3 Å². The Hall–Kier alpha value is -1.83. The molecule has 18 heavy (non-hydrogen) atoms. The van der Waals surface area contributed by atoms with Crippen LogP contribution in [-0.4, -0.2) is 23.2 Å². The molecule has 0 unspecified atom stereocenters. The van der Waals surface area contributed by atoms with Crippen molar-refractivity contribution < 1.29 is 4.74 Å². The molecule has 0 bridgehead atoms. The number of H-pyrrole nitrogens is 1. The molecule has 0 spiro atoms. The molecule has 1 aliphatic rings. The van der Waals surface area contributed by atoms with Gasteiger partial charge in [-0.3, -0.25) is 0 Å². The summed E-state index contributed by atoms with van der Waals surface area (Å²) in [4.78, 5) is 7.47. The predicted molar refractivity (Wildman–Crippen MR) is 67.1 cm³/mol. The molecule has 3 rings (SSSR count). The molecule has 5 heteroatoms. The molecule has 1 aromatic heterocycles. The van der Waals surface area contributed by atoms with Gasteiger partial charge in [-0.1, -0.05) is 23.7 Å². The molecular weight excluding hydrogens is 250 g/mol. The van der Waals surface area contributed by atoms with E-state index in [1.165, 1.54) is 0 Å². The lowest BCUT2D eigenvalue weighted by molar-refractivity contribution is -0.0335. The number of nitrogens with one attached hydrogen (secondary N) is 1. The smallest absolute Gasteiger partial charge is 0.161 e. The minimum Gasteiger partial charge on any atom is -0.377 e. The molecule has 4 nitrogen and oxygen atoms in total. The lowest BCUT2D eigenvalue weighted by Gasteiger charge is -2.32. The van der Waals surface area contributed by atoms with Crippen LogP contribution in [0, 0.1) is 11.3 Å². The second-order valence-corrected chi connectivity index (χ2v) is 4.78. The van der Waals surface area contributed by atoms with Gasteiger partial charge < -0.3 is 9.72 Å². The van der Waals surface area contributed by atoms with Crippen molar-refractivity contribution in [1.82, 2.24) is 9.97 Å². The molecule has 1 aliphatic heterocycles. The summed E-state index contributed by atoms with van der Waals surface area (Å²) in [7, 11) is 0. The van der Waals surface area contributed by atoms with Crippen molar-refractivity contribution in [2.75, 3.05) is 13.2 Å². The van der Waals surface area contributed by atoms with E-state index in [0.29, 0.717) is 24.1 Å². The van der Waals surface area contributed by atoms with Gasteiger partial charge in [0.1, 0.15) is 5.82 Å². The fourth-order valence-corrected chi connectivity index (χ4v) is 2.03. The van der Waals surface area contributed by atoms with E-state index in [1.807, 2.05) is 24.3 Å².